The monoisotopic (exact) mass is 242 g/mol. The lowest BCUT2D eigenvalue weighted by atomic mass is 10.2. The number of urea groups is 1. The second kappa shape index (κ2) is 4.09. The number of benzene rings is 1. The van der Waals surface area contributed by atoms with Crippen LogP contribution in [0.2, 0.25) is 5.02 Å². The van der Waals surface area contributed by atoms with Crippen molar-refractivity contribution in [2.45, 2.75) is 6.54 Å². The van der Waals surface area contributed by atoms with Crippen molar-refractivity contribution in [3.8, 4) is 0 Å². The van der Waals surface area contributed by atoms with E-state index in [1.165, 1.54) is 23.1 Å². The molecule has 2 rings (SSSR count). The third-order valence-electron chi connectivity index (χ3n) is 2.24. The van der Waals surface area contributed by atoms with Gasteiger partial charge < -0.3 is 4.90 Å². The van der Waals surface area contributed by atoms with Crippen LogP contribution in [0.1, 0.15) is 5.56 Å². The van der Waals surface area contributed by atoms with Crippen molar-refractivity contribution >= 4 is 23.5 Å². The van der Waals surface area contributed by atoms with Gasteiger partial charge in [0.05, 0.1) is 6.54 Å². The molecule has 6 heteroatoms. The van der Waals surface area contributed by atoms with Crippen LogP contribution in [-0.2, 0) is 11.3 Å². The number of hydrogen-bond donors (Lipinski definition) is 1. The van der Waals surface area contributed by atoms with Crippen molar-refractivity contribution in [1.29, 1.82) is 0 Å². The topological polar surface area (TPSA) is 49.4 Å². The van der Waals surface area contributed by atoms with Crippen LogP contribution in [0.4, 0.5) is 9.18 Å². The zero-order valence-corrected chi connectivity index (χ0v) is 8.92. The van der Waals surface area contributed by atoms with Crippen LogP contribution in [0.15, 0.2) is 18.2 Å². The Morgan fingerprint density at radius 3 is 2.75 bits per heavy atom. The van der Waals surface area contributed by atoms with E-state index >= 15 is 0 Å². The molecule has 1 N–H and O–H groups in total. The molecule has 1 aromatic rings. The fraction of sp³-hybridized carbons (Fsp3) is 0.200. The van der Waals surface area contributed by atoms with Gasteiger partial charge in [-0.15, -0.1) is 0 Å². The van der Waals surface area contributed by atoms with E-state index in [1.54, 1.807) is 0 Å². The van der Waals surface area contributed by atoms with E-state index in [4.69, 9.17) is 11.6 Å². The van der Waals surface area contributed by atoms with E-state index in [0.29, 0.717) is 10.6 Å². The molecule has 1 heterocycles. The molecule has 0 saturated carbocycles. The van der Waals surface area contributed by atoms with Crippen LogP contribution < -0.4 is 5.32 Å². The van der Waals surface area contributed by atoms with Crippen LogP contribution in [-0.4, -0.2) is 23.4 Å². The zero-order chi connectivity index (χ0) is 11.7. The highest BCUT2D eigenvalue weighted by Gasteiger charge is 2.27. The van der Waals surface area contributed by atoms with Gasteiger partial charge in [0.15, 0.2) is 0 Å². The van der Waals surface area contributed by atoms with Crippen LogP contribution in [0.5, 0.6) is 0 Å². The molecule has 0 aliphatic carbocycles. The summed E-state index contributed by atoms with van der Waals surface area (Å²) in [4.78, 5) is 23.3. The molecular weight excluding hydrogens is 235 g/mol. The Balaban J connectivity index is 2.15. The summed E-state index contributed by atoms with van der Waals surface area (Å²) < 4.78 is 13.4. The third-order valence-corrected chi connectivity index (χ3v) is 2.48. The summed E-state index contributed by atoms with van der Waals surface area (Å²) >= 11 is 5.60. The molecule has 0 aromatic heterocycles. The summed E-state index contributed by atoms with van der Waals surface area (Å²) in [5, 5.41) is 2.41. The highest BCUT2D eigenvalue weighted by atomic mass is 35.5. The predicted octanol–water partition coefficient (Wildman–Crippen LogP) is 1.53. The molecule has 1 aliphatic rings. The molecule has 0 atom stereocenters. The first-order valence-electron chi connectivity index (χ1n) is 4.59. The van der Waals surface area contributed by atoms with Gasteiger partial charge in [0.1, 0.15) is 12.4 Å². The molecule has 1 fully saturated rings. The van der Waals surface area contributed by atoms with Crippen LogP contribution >= 0.6 is 11.6 Å². The number of carbonyl (C=O) groups is 2. The first kappa shape index (κ1) is 10.9. The zero-order valence-electron chi connectivity index (χ0n) is 8.17. The predicted molar refractivity (Wildman–Crippen MR) is 55.4 cm³/mol. The quantitative estimate of drug-likeness (QED) is 0.800. The highest BCUT2D eigenvalue weighted by molar-refractivity contribution is 6.30. The Hall–Kier alpha value is -1.62. The first-order valence-corrected chi connectivity index (χ1v) is 4.97. The molecule has 4 nitrogen and oxygen atoms in total. The standard InChI is InChI=1S/C10H8ClFN2O2/c11-7-2-1-6(8(12)3-7)4-14-5-9(15)13-10(14)16/h1-3H,4-5H2,(H,13,15,16). The molecule has 0 unspecified atom stereocenters. The minimum Gasteiger partial charge on any atom is -0.311 e. The lowest BCUT2D eigenvalue weighted by Crippen LogP contribution is -2.28. The summed E-state index contributed by atoms with van der Waals surface area (Å²) in [6, 6.07) is 3.70. The molecule has 0 radical (unpaired) electrons. The second-order valence-electron chi connectivity index (χ2n) is 3.45. The highest BCUT2D eigenvalue weighted by Crippen LogP contribution is 2.17. The maximum atomic E-state index is 13.4. The molecule has 1 saturated heterocycles. The lowest BCUT2D eigenvalue weighted by Gasteiger charge is -2.13. The van der Waals surface area contributed by atoms with Gasteiger partial charge in [0.25, 0.3) is 0 Å². The number of imide groups is 1. The summed E-state index contributed by atoms with van der Waals surface area (Å²) in [7, 11) is 0. The number of amides is 3. The van der Waals surface area contributed by atoms with Gasteiger partial charge in [-0.1, -0.05) is 17.7 Å². The maximum absolute atomic E-state index is 13.4. The number of rotatable bonds is 2. The van der Waals surface area contributed by atoms with Gasteiger partial charge in [-0.2, -0.15) is 0 Å². The van der Waals surface area contributed by atoms with Crippen molar-refractivity contribution in [3.63, 3.8) is 0 Å². The van der Waals surface area contributed by atoms with Crippen molar-refractivity contribution in [2.24, 2.45) is 0 Å². The number of nitrogens with zero attached hydrogens (tertiary/aromatic N) is 1. The lowest BCUT2D eigenvalue weighted by molar-refractivity contribution is -0.118. The number of carbonyl (C=O) groups excluding carboxylic acids is 2. The van der Waals surface area contributed by atoms with Crippen molar-refractivity contribution in [3.05, 3.63) is 34.6 Å². The average Bonchev–Trinajstić information content (AvgIpc) is 2.50. The third kappa shape index (κ3) is 2.14. The van der Waals surface area contributed by atoms with E-state index in [0.717, 1.165) is 0 Å². The van der Waals surface area contributed by atoms with Crippen LogP contribution in [0.3, 0.4) is 0 Å². The Bertz CT molecular complexity index is 464. The van der Waals surface area contributed by atoms with Crippen molar-refractivity contribution < 1.29 is 14.0 Å². The average molecular weight is 243 g/mol. The molecular formula is C10H8ClFN2O2. The minimum atomic E-state index is -0.501. The number of hydrogen-bond acceptors (Lipinski definition) is 2. The summed E-state index contributed by atoms with van der Waals surface area (Å²) in [6.45, 7) is 0.0154. The largest absolute Gasteiger partial charge is 0.324 e. The smallest absolute Gasteiger partial charge is 0.311 e. The number of halogens is 2. The van der Waals surface area contributed by atoms with Crippen LogP contribution in [0.25, 0.3) is 0 Å². The van der Waals surface area contributed by atoms with Crippen molar-refractivity contribution in [1.82, 2.24) is 10.2 Å². The minimum absolute atomic E-state index is 0.0408. The van der Waals surface area contributed by atoms with Gasteiger partial charge in [-0.3, -0.25) is 10.1 Å². The van der Waals surface area contributed by atoms with E-state index in [2.05, 4.69) is 5.32 Å². The summed E-state index contributed by atoms with van der Waals surface area (Å²) in [6.07, 6.45) is 0. The maximum Gasteiger partial charge on any atom is 0.324 e. The van der Waals surface area contributed by atoms with Gasteiger partial charge in [-0.25, -0.2) is 9.18 Å². The van der Waals surface area contributed by atoms with Gasteiger partial charge in [-0.05, 0) is 12.1 Å². The Kier molecular flexibility index (Phi) is 2.78. The van der Waals surface area contributed by atoms with Crippen molar-refractivity contribution in [2.75, 3.05) is 6.54 Å². The molecule has 1 aromatic carbocycles. The van der Waals surface area contributed by atoms with Gasteiger partial charge in [0, 0.05) is 10.6 Å². The molecule has 0 bridgehead atoms. The summed E-state index contributed by atoms with van der Waals surface area (Å²) in [5.41, 5.74) is 0.328. The summed E-state index contributed by atoms with van der Waals surface area (Å²) in [5.74, 6) is -0.862. The van der Waals surface area contributed by atoms with E-state index < -0.39 is 11.8 Å². The first-order chi connectivity index (χ1) is 7.56. The SMILES string of the molecule is O=C1CN(Cc2ccc(Cl)cc2F)C(=O)N1. The fourth-order valence-electron chi connectivity index (χ4n) is 1.47. The molecule has 0 spiro atoms. The molecule has 1 aliphatic heterocycles. The fourth-order valence-corrected chi connectivity index (χ4v) is 1.63. The molecule has 84 valence electrons. The molecule has 16 heavy (non-hydrogen) atoms. The number of nitrogens with one attached hydrogen (secondary N) is 1. The van der Waals surface area contributed by atoms with Gasteiger partial charge in [0.2, 0.25) is 5.91 Å². The van der Waals surface area contributed by atoms with E-state index in [9.17, 15) is 14.0 Å². The molecule has 3 amide bonds. The van der Waals surface area contributed by atoms with Gasteiger partial charge >= 0.3 is 6.03 Å². The Morgan fingerprint density at radius 2 is 2.19 bits per heavy atom. The normalized spacial score (nSPS) is 15.5. The van der Waals surface area contributed by atoms with E-state index in [-0.39, 0.29) is 19.0 Å². The Morgan fingerprint density at radius 1 is 1.44 bits per heavy atom. The second-order valence-corrected chi connectivity index (χ2v) is 3.88. The van der Waals surface area contributed by atoms with E-state index in [1.807, 2.05) is 0 Å². The van der Waals surface area contributed by atoms with Crippen LogP contribution in [0, 0.1) is 5.82 Å². The Labute approximate surface area is 96.0 Å².